The minimum atomic E-state index is -1.78. The Hall–Kier alpha value is -2.80. The van der Waals surface area contributed by atoms with E-state index in [1.165, 1.54) is 116 Å². The van der Waals surface area contributed by atoms with Crippen molar-refractivity contribution in [2.45, 2.75) is 280 Å². The Morgan fingerprint density at radius 3 is 1.31 bits per heavy atom. The molecule has 11 atom stereocenters. The summed E-state index contributed by atoms with van der Waals surface area (Å²) in [6.07, 6.45) is 38.3. The number of unbranched alkanes of at least 4 members (excludes halogenated alkanes) is 22. The number of hydrogen-bond donors (Lipinski definition) is 7. The number of esters is 2. The summed E-state index contributed by atoms with van der Waals surface area (Å²) in [7, 11) is 0. The van der Waals surface area contributed by atoms with E-state index in [1.54, 1.807) is 0 Å². The number of carbonyl (C=O) groups is 2. The summed E-state index contributed by atoms with van der Waals surface area (Å²) in [5, 5.41) is 72.3. The normalized spacial score (nSPS) is 24.9. The van der Waals surface area contributed by atoms with E-state index < -0.39 is 99.3 Å². The lowest BCUT2D eigenvalue weighted by molar-refractivity contribution is -0.332. The van der Waals surface area contributed by atoms with Gasteiger partial charge in [-0.25, -0.2) is 0 Å². The monoisotopic (exact) mass is 1060 g/mol. The molecule has 0 aromatic heterocycles. The minimum Gasteiger partial charge on any atom is -0.462 e. The zero-order valence-corrected chi connectivity index (χ0v) is 46.3. The Labute approximate surface area is 451 Å². The maximum atomic E-state index is 13.1. The summed E-state index contributed by atoms with van der Waals surface area (Å²) in [4.78, 5) is 25.9. The third kappa shape index (κ3) is 33.3. The predicted octanol–water partition coefficient (Wildman–Crippen LogP) is 10.00. The molecule has 434 valence electrons. The molecule has 0 aromatic rings. The van der Waals surface area contributed by atoms with Gasteiger partial charge in [0, 0.05) is 12.8 Å². The van der Waals surface area contributed by atoms with Gasteiger partial charge in [-0.3, -0.25) is 9.59 Å². The van der Waals surface area contributed by atoms with E-state index in [0.717, 1.165) is 51.4 Å². The molecular weight excluding hydrogens is 961 g/mol. The standard InChI is InChI=1S/C60H104O15/c1-3-5-7-9-11-13-15-17-19-21-22-23-24-25-27-29-31-33-35-37-39-41-43-52(63)73-48(45-70-51(62)42-40-38-36-34-32-30-28-26-20-18-16-14-12-10-8-6-4-2)46-71-59-58(69)56(67)54(65)50(75-59)47-72-60-57(68)55(66)53(64)49(44-61)74-60/h6,8,12,14,18,20,28,30,34,36,48-50,53-61,64-69H,3-5,7,9-11,13,15-17,19,21-27,29,31-33,35,37-47H2,1-2H3/b8-6+,14-12+,20-18+,30-28+,36-34+/t48-,49+,50+,53-,54-,55?,56?,57?,58?,59+,60+/m1/s1. The Kier molecular flexibility index (Phi) is 42.0. The van der Waals surface area contributed by atoms with Crippen molar-refractivity contribution in [2.75, 3.05) is 26.4 Å². The molecule has 0 aliphatic carbocycles. The molecule has 2 fully saturated rings. The van der Waals surface area contributed by atoms with E-state index in [1.807, 2.05) is 6.08 Å². The first kappa shape index (κ1) is 68.3. The van der Waals surface area contributed by atoms with Crippen molar-refractivity contribution in [1.82, 2.24) is 0 Å². The van der Waals surface area contributed by atoms with Crippen molar-refractivity contribution in [3.8, 4) is 0 Å². The van der Waals surface area contributed by atoms with Crippen LogP contribution in [0, 0.1) is 0 Å². The zero-order valence-electron chi connectivity index (χ0n) is 46.3. The van der Waals surface area contributed by atoms with Crippen LogP contribution in [0.2, 0.25) is 0 Å². The van der Waals surface area contributed by atoms with Crippen LogP contribution in [0.4, 0.5) is 0 Å². The molecule has 75 heavy (non-hydrogen) atoms. The first-order chi connectivity index (χ1) is 36.5. The van der Waals surface area contributed by atoms with Gasteiger partial charge in [0.15, 0.2) is 18.7 Å². The summed E-state index contributed by atoms with van der Waals surface area (Å²) in [5.74, 6) is -0.988. The number of aliphatic hydroxyl groups is 7. The lowest BCUT2D eigenvalue weighted by Gasteiger charge is -2.42. The highest BCUT2D eigenvalue weighted by Crippen LogP contribution is 2.27. The molecule has 0 aromatic carbocycles. The van der Waals surface area contributed by atoms with Crippen LogP contribution in [-0.2, 0) is 38.0 Å². The van der Waals surface area contributed by atoms with Crippen LogP contribution in [0.3, 0.4) is 0 Å². The first-order valence-electron chi connectivity index (χ1n) is 29.4. The van der Waals surface area contributed by atoms with Crippen molar-refractivity contribution in [2.24, 2.45) is 0 Å². The molecule has 2 rings (SSSR count). The van der Waals surface area contributed by atoms with Crippen molar-refractivity contribution < 1.29 is 73.8 Å². The van der Waals surface area contributed by atoms with Gasteiger partial charge < -0.3 is 64.2 Å². The maximum Gasteiger partial charge on any atom is 0.306 e. The molecule has 2 aliphatic rings. The summed E-state index contributed by atoms with van der Waals surface area (Å²) in [6.45, 7) is 2.45. The Balaban J connectivity index is 1.76. The third-order valence-electron chi connectivity index (χ3n) is 13.8. The molecule has 0 spiro atoms. The van der Waals surface area contributed by atoms with Gasteiger partial charge in [0.1, 0.15) is 55.4 Å². The van der Waals surface area contributed by atoms with E-state index in [4.69, 9.17) is 28.4 Å². The number of aliphatic hydroxyl groups excluding tert-OH is 7. The maximum absolute atomic E-state index is 13.1. The second-order valence-corrected chi connectivity index (χ2v) is 20.4. The second-order valence-electron chi connectivity index (χ2n) is 20.4. The molecule has 2 heterocycles. The molecule has 0 bridgehead atoms. The van der Waals surface area contributed by atoms with Crippen LogP contribution < -0.4 is 0 Å². The fourth-order valence-corrected chi connectivity index (χ4v) is 9.02. The largest absolute Gasteiger partial charge is 0.462 e. The second kappa shape index (κ2) is 46.1. The molecule has 0 radical (unpaired) electrons. The van der Waals surface area contributed by atoms with E-state index in [2.05, 4.69) is 68.5 Å². The number of hydrogen-bond acceptors (Lipinski definition) is 15. The molecule has 15 heteroatoms. The highest BCUT2D eigenvalue weighted by Gasteiger charge is 2.47. The summed E-state index contributed by atoms with van der Waals surface area (Å²) in [5.41, 5.74) is 0. The number of carbonyl (C=O) groups excluding carboxylic acids is 2. The third-order valence-corrected chi connectivity index (χ3v) is 13.8. The molecule has 7 N–H and O–H groups in total. The summed E-state index contributed by atoms with van der Waals surface area (Å²) >= 11 is 0. The minimum absolute atomic E-state index is 0.139. The smallest absolute Gasteiger partial charge is 0.306 e. The van der Waals surface area contributed by atoms with Crippen LogP contribution in [0.15, 0.2) is 60.8 Å². The van der Waals surface area contributed by atoms with Gasteiger partial charge in [0.05, 0.1) is 19.8 Å². The number of allylic oxidation sites excluding steroid dienone is 10. The van der Waals surface area contributed by atoms with Gasteiger partial charge in [0.2, 0.25) is 0 Å². The van der Waals surface area contributed by atoms with Gasteiger partial charge in [-0.05, 0) is 51.4 Å². The predicted molar refractivity (Wildman–Crippen MR) is 293 cm³/mol. The van der Waals surface area contributed by atoms with Gasteiger partial charge in [0.25, 0.3) is 0 Å². The fourth-order valence-electron chi connectivity index (χ4n) is 9.02. The van der Waals surface area contributed by atoms with Gasteiger partial charge in [-0.1, -0.05) is 209 Å². The number of ether oxygens (including phenoxy) is 6. The molecule has 0 saturated carbocycles. The topological polar surface area (TPSA) is 231 Å². The van der Waals surface area contributed by atoms with Crippen LogP contribution in [-0.4, -0.2) is 142 Å². The molecule has 2 saturated heterocycles. The average Bonchev–Trinajstić information content (AvgIpc) is 3.40. The Bertz CT molecular complexity index is 1530. The SMILES string of the molecule is CC/C=C/C/C=C/C/C=C/C/C=C/C/C=C/CCCC(=O)OC[C@H](CO[C@H]1O[C@@H](CO[C@H]2O[C@@H](CO)[C@@H](O)C(O)C2O)[C@@H](O)C(O)C1O)OC(=O)CCCCCCCCCCCCCCCCCCCCCCCC. The molecular formula is C60H104O15. The van der Waals surface area contributed by atoms with E-state index in [0.29, 0.717) is 19.3 Å². The van der Waals surface area contributed by atoms with Gasteiger partial charge >= 0.3 is 11.9 Å². The summed E-state index contributed by atoms with van der Waals surface area (Å²) in [6, 6.07) is 0. The Morgan fingerprint density at radius 1 is 0.440 bits per heavy atom. The van der Waals surface area contributed by atoms with E-state index >= 15 is 0 Å². The first-order valence-corrected chi connectivity index (χ1v) is 29.4. The zero-order chi connectivity index (χ0) is 54.6. The lowest BCUT2D eigenvalue weighted by atomic mass is 9.98. The molecule has 2 aliphatic heterocycles. The van der Waals surface area contributed by atoms with Crippen LogP contribution in [0.1, 0.15) is 213 Å². The van der Waals surface area contributed by atoms with Gasteiger partial charge in [-0.2, -0.15) is 0 Å². The lowest BCUT2D eigenvalue weighted by Crippen LogP contribution is -2.61. The van der Waals surface area contributed by atoms with Crippen LogP contribution >= 0.6 is 0 Å². The van der Waals surface area contributed by atoms with Crippen molar-refractivity contribution >= 4 is 11.9 Å². The number of rotatable bonds is 46. The fraction of sp³-hybridized carbons (Fsp3) is 0.800. The molecule has 0 amide bonds. The van der Waals surface area contributed by atoms with Crippen LogP contribution in [0.25, 0.3) is 0 Å². The van der Waals surface area contributed by atoms with Crippen molar-refractivity contribution in [3.05, 3.63) is 60.8 Å². The summed E-state index contributed by atoms with van der Waals surface area (Å²) < 4.78 is 33.6. The van der Waals surface area contributed by atoms with Crippen LogP contribution in [0.5, 0.6) is 0 Å². The van der Waals surface area contributed by atoms with Gasteiger partial charge in [-0.15, -0.1) is 0 Å². The molecule has 15 nitrogen and oxygen atoms in total. The Morgan fingerprint density at radius 2 is 0.840 bits per heavy atom. The van der Waals surface area contributed by atoms with E-state index in [-0.39, 0.29) is 19.4 Å². The quantitative estimate of drug-likeness (QED) is 0.0171. The van der Waals surface area contributed by atoms with E-state index in [9.17, 15) is 45.3 Å². The van der Waals surface area contributed by atoms with Crippen molar-refractivity contribution in [3.63, 3.8) is 0 Å². The van der Waals surface area contributed by atoms with Crippen molar-refractivity contribution in [1.29, 1.82) is 0 Å². The highest BCUT2D eigenvalue weighted by molar-refractivity contribution is 5.70. The molecule has 4 unspecified atom stereocenters. The highest BCUT2D eigenvalue weighted by atomic mass is 16.7. The average molecular weight is 1070 g/mol.